The number of carbonyl (C=O) groups excluding carboxylic acids is 1. The first-order chi connectivity index (χ1) is 5.77. The van der Waals surface area contributed by atoms with Crippen molar-refractivity contribution in [1.29, 1.82) is 0 Å². The number of rotatable bonds is 1. The number of thiophene rings is 1. The predicted molar refractivity (Wildman–Crippen MR) is 51.7 cm³/mol. The Kier molecular flexibility index (Phi) is 1.85. The molecule has 0 spiro atoms. The lowest BCUT2D eigenvalue weighted by Gasteiger charge is -2.01. The summed E-state index contributed by atoms with van der Waals surface area (Å²) in [5.74, 6) is 0.183. The smallest absolute Gasteiger partial charge is 0.169 e. The first-order valence-electron chi connectivity index (χ1n) is 4.07. The van der Waals surface area contributed by atoms with Crippen LogP contribution in [0, 0.1) is 0 Å². The van der Waals surface area contributed by atoms with Crippen LogP contribution in [0.15, 0.2) is 12.1 Å². The van der Waals surface area contributed by atoms with Crippen molar-refractivity contribution < 1.29 is 4.79 Å². The highest BCUT2D eigenvalue weighted by Gasteiger charge is 2.11. The normalized spacial score (nSPS) is 14.4. The van der Waals surface area contributed by atoms with E-state index in [1.807, 2.05) is 6.07 Å². The van der Waals surface area contributed by atoms with E-state index in [2.05, 4.69) is 12.2 Å². The molecule has 0 aromatic carbocycles. The van der Waals surface area contributed by atoms with Crippen molar-refractivity contribution in [3.63, 3.8) is 0 Å². The van der Waals surface area contributed by atoms with Gasteiger partial charge in [0.25, 0.3) is 0 Å². The fourth-order valence-electron chi connectivity index (χ4n) is 1.38. The van der Waals surface area contributed by atoms with E-state index in [9.17, 15) is 4.79 Å². The summed E-state index contributed by atoms with van der Waals surface area (Å²) in [5, 5.41) is 0. The van der Waals surface area contributed by atoms with Crippen molar-refractivity contribution in [2.24, 2.45) is 0 Å². The zero-order valence-electron chi connectivity index (χ0n) is 6.96. The Balaban J connectivity index is 2.46. The van der Waals surface area contributed by atoms with E-state index in [0.717, 1.165) is 17.7 Å². The Bertz CT molecular complexity index is 347. The molecule has 62 valence electrons. The average molecular weight is 178 g/mol. The minimum absolute atomic E-state index is 0.183. The van der Waals surface area contributed by atoms with E-state index in [0.29, 0.717) is 0 Å². The lowest BCUT2D eigenvalue weighted by atomic mass is 10.1. The summed E-state index contributed by atoms with van der Waals surface area (Å²) in [5.41, 5.74) is 1.25. The van der Waals surface area contributed by atoms with Gasteiger partial charge < -0.3 is 0 Å². The molecule has 1 aliphatic carbocycles. The number of allylic oxidation sites excluding steroid dienone is 1. The van der Waals surface area contributed by atoms with Crippen LogP contribution < -0.4 is 0 Å². The molecule has 1 heterocycles. The number of fused-ring (bicyclic) bond motifs is 1. The molecule has 0 N–H and O–H groups in total. The number of hydrogen-bond donors (Lipinski definition) is 0. The molecule has 0 fully saturated rings. The Hall–Kier alpha value is -0.890. The third kappa shape index (κ3) is 1.23. The summed E-state index contributed by atoms with van der Waals surface area (Å²) in [6, 6.07) is 2.00. The Labute approximate surface area is 75.7 Å². The number of hydrogen-bond acceptors (Lipinski definition) is 2. The van der Waals surface area contributed by atoms with E-state index < -0.39 is 0 Å². The van der Waals surface area contributed by atoms with Gasteiger partial charge in [0.15, 0.2) is 5.78 Å². The summed E-state index contributed by atoms with van der Waals surface area (Å²) < 4.78 is 0. The van der Waals surface area contributed by atoms with Crippen LogP contribution in [0.2, 0.25) is 0 Å². The van der Waals surface area contributed by atoms with E-state index in [1.54, 1.807) is 18.3 Å². The van der Waals surface area contributed by atoms with Gasteiger partial charge in [-0.3, -0.25) is 4.79 Å². The van der Waals surface area contributed by atoms with E-state index in [1.165, 1.54) is 10.4 Å². The molecule has 2 rings (SSSR count). The second kappa shape index (κ2) is 2.87. The summed E-state index contributed by atoms with van der Waals surface area (Å²) >= 11 is 1.64. The van der Waals surface area contributed by atoms with Crippen molar-refractivity contribution in [2.75, 3.05) is 0 Å². The number of carbonyl (C=O) groups is 1. The molecule has 0 bridgehead atoms. The first kappa shape index (κ1) is 7.74. The number of aryl methyl sites for hydroxylation is 1. The second-order valence-electron chi connectivity index (χ2n) is 2.99. The molecule has 1 nitrogen and oxygen atoms in total. The van der Waals surface area contributed by atoms with Gasteiger partial charge in [-0.05, 0) is 31.4 Å². The molecule has 0 aliphatic heterocycles. The quantitative estimate of drug-likeness (QED) is 0.604. The average Bonchev–Trinajstić information content (AvgIpc) is 2.46. The molecule has 2 heteroatoms. The third-order valence-electron chi connectivity index (χ3n) is 2.02. The maximum Gasteiger partial charge on any atom is 0.169 e. The van der Waals surface area contributed by atoms with Crippen LogP contribution in [0.1, 0.15) is 33.5 Å². The van der Waals surface area contributed by atoms with E-state index in [-0.39, 0.29) is 5.78 Å². The van der Waals surface area contributed by atoms with Gasteiger partial charge in [-0.25, -0.2) is 0 Å². The van der Waals surface area contributed by atoms with Crippen LogP contribution in [0.3, 0.4) is 0 Å². The summed E-state index contributed by atoms with van der Waals surface area (Å²) in [6.45, 7) is 1.63. The number of ketones is 1. The van der Waals surface area contributed by atoms with Crippen molar-refractivity contribution in [3.8, 4) is 0 Å². The Morgan fingerprint density at radius 2 is 2.42 bits per heavy atom. The highest BCUT2D eigenvalue weighted by Crippen LogP contribution is 2.28. The molecule has 0 radical (unpaired) electrons. The van der Waals surface area contributed by atoms with Crippen LogP contribution >= 0.6 is 11.3 Å². The molecule has 0 unspecified atom stereocenters. The molecule has 12 heavy (non-hydrogen) atoms. The van der Waals surface area contributed by atoms with Gasteiger partial charge in [-0.1, -0.05) is 12.2 Å². The minimum atomic E-state index is 0.183. The van der Waals surface area contributed by atoms with Gasteiger partial charge in [0.05, 0.1) is 4.88 Å². The fraction of sp³-hybridized carbons (Fsp3) is 0.300. The van der Waals surface area contributed by atoms with Gasteiger partial charge in [0.2, 0.25) is 0 Å². The molecular formula is C10H10OS. The second-order valence-corrected chi connectivity index (χ2v) is 4.12. The van der Waals surface area contributed by atoms with Crippen LogP contribution in [-0.2, 0) is 6.42 Å². The summed E-state index contributed by atoms with van der Waals surface area (Å²) in [6.07, 6.45) is 6.50. The van der Waals surface area contributed by atoms with Gasteiger partial charge >= 0.3 is 0 Å². The van der Waals surface area contributed by atoms with Gasteiger partial charge in [-0.2, -0.15) is 0 Å². The van der Waals surface area contributed by atoms with Crippen molar-refractivity contribution in [3.05, 3.63) is 27.5 Å². The predicted octanol–water partition coefficient (Wildman–Crippen LogP) is 2.91. The molecule has 0 atom stereocenters. The Morgan fingerprint density at radius 1 is 1.58 bits per heavy atom. The fourth-order valence-corrected chi connectivity index (χ4v) is 2.44. The number of Topliss-reactive ketones (excluding diaryl/α,β-unsaturated/α-hetero) is 1. The van der Waals surface area contributed by atoms with Gasteiger partial charge in [0.1, 0.15) is 0 Å². The minimum Gasteiger partial charge on any atom is -0.294 e. The summed E-state index contributed by atoms with van der Waals surface area (Å²) in [7, 11) is 0. The van der Waals surface area contributed by atoms with Crippen LogP contribution in [0.4, 0.5) is 0 Å². The van der Waals surface area contributed by atoms with Crippen molar-refractivity contribution in [2.45, 2.75) is 19.8 Å². The topological polar surface area (TPSA) is 17.1 Å². The maximum atomic E-state index is 11.0. The maximum absolute atomic E-state index is 11.0. The first-order valence-corrected chi connectivity index (χ1v) is 4.89. The summed E-state index contributed by atoms with van der Waals surface area (Å²) in [4.78, 5) is 13.3. The van der Waals surface area contributed by atoms with Gasteiger partial charge in [0, 0.05) is 4.88 Å². The highest BCUT2D eigenvalue weighted by atomic mass is 32.1. The van der Waals surface area contributed by atoms with Crippen LogP contribution in [0.25, 0.3) is 6.08 Å². The molecular weight excluding hydrogens is 168 g/mol. The molecule has 0 amide bonds. The molecule has 0 saturated carbocycles. The lowest BCUT2D eigenvalue weighted by Crippen LogP contribution is -1.85. The van der Waals surface area contributed by atoms with Crippen LogP contribution in [0.5, 0.6) is 0 Å². The standard InChI is InChI=1S/C10H10OS/c1-7(11)10-6-8-4-2-3-5-9(8)12-10/h2,4,6H,3,5H2,1H3. The van der Waals surface area contributed by atoms with E-state index in [4.69, 9.17) is 0 Å². The largest absolute Gasteiger partial charge is 0.294 e. The molecule has 1 aromatic rings. The molecule has 1 aromatic heterocycles. The highest BCUT2D eigenvalue weighted by molar-refractivity contribution is 7.14. The van der Waals surface area contributed by atoms with Crippen molar-refractivity contribution >= 4 is 23.2 Å². The molecule has 1 aliphatic rings. The zero-order valence-corrected chi connectivity index (χ0v) is 7.78. The van der Waals surface area contributed by atoms with E-state index >= 15 is 0 Å². The molecule has 0 saturated heterocycles. The third-order valence-corrected chi connectivity index (χ3v) is 3.34. The monoisotopic (exact) mass is 178 g/mol. The SMILES string of the molecule is CC(=O)c1cc2c(s1)CCC=C2. The van der Waals surface area contributed by atoms with Gasteiger partial charge in [-0.15, -0.1) is 11.3 Å². The lowest BCUT2D eigenvalue weighted by molar-refractivity contribution is 0.102. The van der Waals surface area contributed by atoms with Crippen molar-refractivity contribution in [1.82, 2.24) is 0 Å². The van der Waals surface area contributed by atoms with Crippen LogP contribution in [-0.4, -0.2) is 5.78 Å². The zero-order chi connectivity index (χ0) is 8.55. The Morgan fingerprint density at radius 3 is 3.08 bits per heavy atom.